The summed E-state index contributed by atoms with van der Waals surface area (Å²) in [5, 5.41) is 0. The molecule has 0 radical (unpaired) electrons. The van der Waals surface area contributed by atoms with E-state index in [0.717, 1.165) is 3.57 Å². The molecule has 21 heavy (non-hydrogen) atoms. The third-order valence-electron chi connectivity index (χ3n) is 3.03. The summed E-state index contributed by atoms with van der Waals surface area (Å²) in [6, 6.07) is 16.3. The minimum absolute atomic E-state index is 0.305. The van der Waals surface area contributed by atoms with Gasteiger partial charge in [-0.15, -0.1) is 0 Å². The Morgan fingerprint density at radius 1 is 0.714 bits per heavy atom. The maximum absolute atomic E-state index is 13.4. The Morgan fingerprint density at radius 3 is 1.62 bits per heavy atom. The molecule has 1 heterocycles. The second-order valence-electron chi connectivity index (χ2n) is 4.58. The molecule has 104 valence electrons. The summed E-state index contributed by atoms with van der Waals surface area (Å²) in [7, 11) is 0. The highest BCUT2D eigenvalue weighted by Crippen LogP contribution is 2.26. The molecule has 0 amide bonds. The molecular formula is C17H10F2IN. The second kappa shape index (κ2) is 5.89. The molecular weight excluding hydrogens is 383 g/mol. The molecule has 0 aliphatic rings. The summed E-state index contributed by atoms with van der Waals surface area (Å²) in [6.07, 6.45) is 0. The molecule has 0 saturated carbocycles. The number of halogens is 3. The number of hydrogen-bond donors (Lipinski definition) is 0. The van der Waals surface area contributed by atoms with Crippen molar-refractivity contribution in [2.75, 3.05) is 0 Å². The average molecular weight is 393 g/mol. The van der Waals surface area contributed by atoms with Crippen LogP contribution in [0.4, 0.5) is 8.78 Å². The van der Waals surface area contributed by atoms with Crippen LogP contribution in [0, 0.1) is 15.2 Å². The van der Waals surface area contributed by atoms with Crippen LogP contribution in [0.3, 0.4) is 0 Å². The molecule has 3 aromatic rings. The number of benzene rings is 2. The number of aromatic nitrogens is 1. The van der Waals surface area contributed by atoms with Crippen molar-refractivity contribution >= 4 is 22.6 Å². The van der Waals surface area contributed by atoms with Crippen LogP contribution >= 0.6 is 22.6 Å². The molecule has 0 aliphatic carbocycles. The first-order chi connectivity index (χ1) is 10.1. The Labute approximate surface area is 134 Å². The molecule has 0 spiro atoms. The van der Waals surface area contributed by atoms with Crippen LogP contribution in [0.15, 0.2) is 60.7 Å². The summed E-state index contributed by atoms with van der Waals surface area (Å²) in [4.78, 5) is 4.52. The Balaban J connectivity index is 2.12. The summed E-state index contributed by atoms with van der Waals surface area (Å²) < 4.78 is 27.7. The molecule has 4 heteroatoms. The zero-order chi connectivity index (χ0) is 14.8. The van der Waals surface area contributed by atoms with Gasteiger partial charge in [0.25, 0.3) is 0 Å². The van der Waals surface area contributed by atoms with Crippen LogP contribution in [0.5, 0.6) is 0 Å². The predicted molar refractivity (Wildman–Crippen MR) is 87.7 cm³/mol. The van der Waals surface area contributed by atoms with E-state index in [0.29, 0.717) is 22.5 Å². The zero-order valence-corrected chi connectivity index (χ0v) is 13.0. The Hall–Kier alpha value is -1.82. The van der Waals surface area contributed by atoms with Crippen LogP contribution in [0.2, 0.25) is 0 Å². The number of nitrogens with zero attached hydrogens (tertiary/aromatic N) is 1. The van der Waals surface area contributed by atoms with Gasteiger partial charge in [0.2, 0.25) is 0 Å². The third-order valence-corrected chi connectivity index (χ3v) is 3.65. The van der Waals surface area contributed by atoms with Gasteiger partial charge in [0, 0.05) is 14.7 Å². The standard InChI is InChI=1S/C17H10F2IN/c18-13-5-1-3-11(7-13)16-9-15(20)10-17(21-16)12-4-2-6-14(19)8-12/h1-10H. The molecule has 3 rings (SSSR count). The normalized spacial score (nSPS) is 10.6. The van der Waals surface area contributed by atoms with E-state index < -0.39 is 0 Å². The molecule has 1 aromatic heterocycles. The number of rotatable bonds is 2. The van der Waals surface area contributed by atoms with Crippen molar-refractivity contribution in [3.63, 3.8) is 0 Å². The zero-order valence-electron chi connectivity index (χ0n) is 10.9. The molecule has 2 aromatic carbocycles. The maximum Gasteiger partial charge on any atom is 0.123 e. The van der Waals surface area contributed by atoms with Gasteiger partial charge in [-0.3, -0.25) is 0 Å². The van der Waals surface area contributed by atoms with E-state index >= 15 is 0 Å². The highest BCUT2D eigenvalue weighted by Gasteiger charge is 2.07. The lowest BCUT2D eigenvalue weighted by atomic mass is 10.1. The van der Waals surface area contributed by atoms with Gasteiger partial charge >= 0.3 is 0 Å². The summed E-state index contributed by atoms with van der Waals surface area (Å²) in [5.41, 5.74) is 2.73. The van der Waals surface area contributed by atoms with Gasteiger partial charge in [-0.05, 0) is 59.0 Å². The monoisotopic (exact) mass is 393 g/mol. The van der Waals surface area contributed by atoms with Crippen molar-refractivity contribution in [2.45, 2.75) is 0 Å². The molecule has 0 N–H and O–H groups in total. The minimum atomic E-state index is -0.305. The van der Waals surface area contributed by atoms with Crippen molar-refractivity contribution in [1.29, 1.82) is 0 Å². The third kappa shape index (κ3) is 3.26. The lowest BCUT2D eigenvalue weighted by Crippen LogP contribution is -1.91. The van der Waals surface area contributed by atoms with Gasteiger partial charge in [0.05, 0.1) is 11.4 Å². The highest BCUT2D eigenvalue weighted by atomic mass is 127. The number of pyridine rings is 1. The van der Waals surface area contributed by atoms with E-state index in [2.05, 4.69) is 27.6 Å². The fraction of sp³-hybridized carbons (Fsp3) is 0. The van der Waals surface area contributed by atoms with E-state index in [1.165, 1.54) is 24.3 Å². The average Bonchev–Trinajstić information content (AvgIpc) is 2.46. The van der Waals surface area contributed by atoms with Crippen LogP contribution in [0.25, 0.3) is 22.5 Å². The molecule has 0 unspecified atom stereocenters. The van der Waals surface area contributed by atoms with Crippen LogP contribution in [-0.4, -0.2) is 4.98 Å². The van der Waals surface area contributed by atoms with E-state index in [9.17, 15) is 8.78 Å². The van der Waals surface area contributed by atoms with Crippen molar-refractivity contribution in [3.05, 3.63) is 75.9 Å². The van der Waals surface area contributed by atoms with E-state index in [4.69, 9.17) is 0 Å². The Kier molecular flexibility index (Phi) is 3.96. The molecule has 1 nitrogen and oxygen atoms in total. The molecule has 0 bridgehead atoms. The van der Waals surface area contributed by atoms with E-state index in [1.807, 2.05) is 12.1 Å². The largest absolute Gasteiger partial charge is 0.248 e. The maximum atomic E-state index is 13.4. The van der Waals surface area contributed by atoms with E-state index in [1.54, 1.807) is 24.3 Å². The summed E-state index contributed by atoms with van der Waals surface area (Å²) in [6.45, 7) is 0. The predicted octanol–water partition coefficient (Wildman–Crippen LogP) is 5.30. The van der Waals surface area contributed by atoms with Gasteiger partial charge in [0.1, 0.15) is 11.6 Å². The van der Waals surface area contributed by atoms with Crippen LogP contribution in [0.1, 0.15) is 0 Å². The lowest BCUT2D eigenvalue weighted by Gasteiger charge is -2.07. The molecule has 0 aliphatic heterocycles. The number of hydrogen-bond acceptors (Lipinski definition) is 1. The molecule has 0 saturated heterocycles. The van der Waals surface area contributed by atoms with Crippen LogP contribution < -0.4 is 0 Å². The molecule has 0 atom stereocenters. The second-order valence-corrected chi connectivity index (χ2v) is 5.82. The van der Waals surface area contributed by atoms with Gasteiger partial charge in [-0.1, -0.05) is 24.3 Å². The first-order valence-corrected chi connectivity index (χ1v) is 7.39. The highest BCUT2D eigenvalue weighted by molar-refractivity contribution is 14.1. The van der Waals surface area contributed by atoms with Gasteiger partial charge in [0.15, 0.2) is 0 Å². The topological polar surface area (TPSA) is 12.9 Å². The quantitative estimate of drug-likeness (QED) is 0.539. The molecule has 0 fully saturated rings. The summed E-state index contributed by atoms with van der Waals surface area (Å²) >= 11 is 2.17. The fourth-order valence-electron chi connectivity index (χ4n) is 2.09. The minimum Gasteiger partial charge on any atom is -0.248 e. The van der Waals surface area contributed by atoms with Crippen molar-refractivity contribution < 1.29 is 8.78 Å². The first kappa shape index (κ1) is 14.1. The van der Waals surface area contributed by atoms with E-state index in [-0.39, 0.29) is 11.6 Å². The Bertz CT molecular complexity index is 739. The fourth-order valence-corrected chi connectivity index (χ4v) is 2.68. The smallest absolute Gasteiger partial charge is 0.123 e. The van der Waals surface area contributed by atoms with Crippen LogP contribution in [-0.2, 0) is 0 Å². The lowest BCUT2D eigenvalue weighted by molar-refractivity contribution is 0.628. The van der Waals surface area contributed by atoms with Gasteiger partial charge < -0.3 is 0 Å². The van der Waals surface area contributed by atoms with Crippen molar-refractivity contribution in [3.8, 4) is 22.5 Å². The van der Waals surface area contributed by atoms with Crippen molar-refractivity contribution in [1.82, 2.24) is 4.98 Å². The summed E-state index contributed by atoms with van der Waals surface area (Å²) in [5.74, 6) is -0.610. The Morgan fingerprint density at radius 2 is 1.19 bits per heavy atom. The SMILES string of the molecule is Fc1cccc(-c2cc(I)cc(-c3cccc(F)c3)n2)c1. The van der Waals surface area contributed by atoms with Crippen molar-refractivity contribution in [2.24, 2.45) is 0 Å². The van der Waals surface area contributed by atoms with Gasteiger partial charge in [-0.2, -0.15) is 0 Å². The first-order valence-electron chi connectivity index (χ1n) is 6.31. The van der Waals surface area contributed by atoms with Gasteiger partial charge in [-0.25, -0.2) is 13.8 Å².